The lowest BCUT2D eigenvalue weighted by Gasteiger charge is -2.38. The molecule has 7 heteroatoms. The van der Waals surface area contributed by atoms with Crippen molar-refractivity contribution >= 4 is 28.7 Å². The summed E-state index contributed by atoms with van der Waals surface area (Å²) in [4.78, 5) is 40.0. The van der Waals surface area contributed by atoms with Gasteiger partial charge in [0.15, 0.2) is 0 Å². The molecule has 194 valence electrons. The molecule has 4 aliphatic rings. The molecule has 2 heterocycles. The number of esters is 3. The number of benzene rings is 3. The summed E-state index contributed by atoms with van der Waals surface area (Å²) in [5.74, 6) is -2.86. The van der Waals surface area contributed by atoms with Crippen LogP contribution in [0.25, 0.3) is 10.8 Å². The molecule has 0 radical (unpaired) electrons. The van der Waals surface area contributed by atoms with Crippen LogP contribution < -0.4 is 5.32 Å². The van der Waals surface area contributed by atoms with E-state index in [4.69, 9.17) is 14.2 Å². The fourth-order valence-electron chi connectivity index (χ4n) is 7.37. The molecule has 7 nitrogen and oxygen atoms in total. The lowest BCUT2D eigenvalue weighted by atomic mass is 9.78. The fourth-order valence-corrected chi connectivity index (χ4v) is 7.37. The summed E-state index contributed by atoms with van der Waals surface area (Å²) in [6.07, 6.45) is 0.872. The maximum absolute atomic E-state index is 13.9. The number of carbonyl (C=O) groups excluding carboxylic acids is 3. The molecular formula is C31H30NO6+. The Bertz CT molecular complexity index is 1410. The van der Waals surface area contributed by atoms with Gasteiger partial charge in [-0.25, -0.2) is 4.79 Å². The highest BCUT2D eigenvalue weighted by Gasteiger charge is 2.70. The standard InChI is InChI=1S/C31H29NO6/c33-28(20-11-10-18-6-4-5-7-19(18)16-20)36-26-23-17-22-24(29(34)37-27(22)26)25(23)30(35)38-31(12-14-32-15-13-31)21-8-2-1-3-9-21/h1-11,16,22-27,32H,12-15,17H2/p+1. The van der Waals surface area contributed by atoms with Crippen molar-refractivity contribution in [2.75, 3.05) is 13.1 Å². The van der Waals surface area contributed by atoms with Gasteiger partial charge < -0.3 is 19.5 Å². The Labute approximate surface area is 220 Å². The molecule has 6 unspecified atom stereocenters. The van der Waals surface area contributed by atoms with Crippen molar-refractivity contribution in [3.8, 4) is 0 Å². The van der Waals surface area contributed by atoms with Crippen LogP contribution in [-0.4, -0.2) is 43.2 Å². The summed E-state index contributed by atoms with van der Waals surface area (Å²) in [7, 11) is 0. The number of carbonyl (C=O) groups is 3. The first-order valence-corrected chi connectivity index (χ1v) is 13.5. The van der Waals surface area contributed by atoms with Crippen LogP contribution in [0.1, 0.15) is 35.2 Å². The number of ether oxygens (including phenoxy) is 3. The van der Waals surface area contributed by atoms with Gasteiger partial charge in [0, 0.05) is 24.7 Å². The molecule has 3 aromatic rings. The summed E-state index contributed by atoms with van der Waals surface area (Å²) >= 11 is 0. The van der Waals surface area contributed by atoms with Gasteiger partial charge in [0.25, 0.3) is 0 Å². The van der Waals surface area contributed by atoms with Crippen molar-refractivity contribution in [1.82, 2.24) is 0 Å². The van der Waals surface area contributed by atoms with E-state index < -0.39 is 35.6 Å². The predicted octanol–water partition coefficient (Wildman–Crippen LogP) is 2.97. The Balaban J connectivity index is 1.15. The number of piperidine rings is 1. The Morgan fingerprint density at radius 1 is 0.895 bits per heavy atom. The summed E-state index contributed by atoms with van der Waals surface area (Å²) in [6.45, 7) is 1.72. The monoisotopic (exact) mass is 512 g/mol. The number of rotatable bonds is 5. The molecule has 2 saturated carbocycles. The molecular weight excluding hydrogens is 482 g/mol. The summed E-state index contributed by atoms with van der Waals surface area (Å²) in [5.41, 5.74) is 0.706. The van der Waals surface area contributed by atoms with Gasteiger partial charge in [0.05, 0.1) is 30.5 Å². The van der Waals surface area contributed by atoms with Crippen LogP contribution in [0.5, 0.6) is 0 Å². The number of hydrogen-bond acceptors (Lipinski definition) is 6. The van der Waals surface area contributed by atoms with E-state index >= 15 is 0 Å². The van der Waals surface area contributed by atoms with E-state index in [1.807, 2.05) is 66.7 Å². The van der Waals surface area contributed by atoms with E-state index in [-0.39, 0.29) is 23.8 Å². The molecule has 0 aromatic heterocycles. The molecule has 2 N–H and O–H groups in total. The zero-order chi connectivity index (χ0) is 25.9. The molecule has 2 aliphatic heterocycles. The van der Waals surface area contributed by atoms with Crippen LogP contribution in [0.2, 0.25) is 0 Å². The van der Waals surface area contributed by atoms with Crippen LogP contribution in [0.15, 0.2) is 72.8 Å². The minimum atomic E-state index is -0.714. The van der Waals surface area contributed by atoms with E-state index in [1.54, 1.807) is 6.07 Å². The van der Waals surface area contributed by atoms with Gasteiger partial charge in [-0.1, -0.05) is 60.7 Å². The lowest BCUT2D eigenvalue weighted by molar-refractivity contribution is -0.668. The van der Waals surface area contributed by atoms with Crippen molar-refractivity contribution in [2.24, 2.45) is 23.7 Å². The zero-order valence-corrected chi connectivity index (χ0v) is 21.0. The van der Waals surface area contributed by atoms with Crippen LogP contribution in [0, 0.1) is 23.7 Å². The van der Waals surface area contributed by atoms with Gasteiger partial charge >= 0.3 is 17.9 Å². The van der Waals surface area contributed by atoms with Crippen molar-refractivity contribution in [3.05, 3.63) is 83.9 Å². The quantitative estimate of drug-likeness (QED) is 0.417. The molecule has 2 bridgehead atoms. The lowest BCUT2D eigenvalue weighted by Crippen LogP contribution is -2.87. The first kappa shape index (κ1) is 23.4. The molecule has 0 spiro atoms. The van der Waals surface area contributed by atoms with Gasteiger partial charge in [-0.3, -0.25) is 9.59 Å². The van der Waals surface area contributed by atoms with E-state index in [2.05, 4.69) is 5.32 Å². The maximum atomic E-state index is 13.9. The number of hydrogen-bond donors (Lipinski definition) is 1. The molecule has 7 rings (SSSR count). The van der Waals surface area contributed by atoms with E-state index in [0.717, 1.165) is 29.4 Å². The first-order chi connectivity index (χ1) is 18.5. The maximum Gasteiger partial charge on any atom is 0.338 e. The van der Waals surface area contributed by atoms with Crippen LogP contribution in [0.4, 0.5) is 0 Å². The van der Waals surface area contributed by atoms with Crippen LogP contribution in [-0.2, 0) is 29.4 Å². The number of nitrogens with two attached hydrogens (primary N) is 1. The van der Waals surface area contributed by atoms with Crippen molar-refractivity contribution in [3.63, 3.8) is 0 Å². The molecule has 0 amide bonds. The van der Waals surface area contributed by atoms with Gasteiger partial charge in [-0.05, 0) is 34.9 Å². The average Bonchev–Trinajstić information content (AvgIpc) is 3.58. The predicted molar refractivity (Wildman–Crippen MR) is 137 cm³/mol. The SMILES string of the molecule is O=C(OC1C2CC3C1OC(=O)C3C2C(=O)OC1(c2ccccc2)CC[NH2+]CC1)c1ccc2ccccc2c1. The van der Waals surface area contributed by atoms with Gasteiger partial charge in [-0.2, -0.15) is 0 Å². The highest BCUT2D eigenvalue weighted by molar-refractivity contribution is 5.95. The minimum Gasteiger partial charge on any atom is -0.458 e. The van der Waals surface area contributed by atoms with Gasteiger partial charge in [0.1, 0.15) is 17.8 Å². The van der Waals surface area contributed by atoms with Crippen molar-refractivity contribution in [1.29, 1.82) is 0 Å². The van der Waals surface area contributed by atoms with Gasteiger partial charge in [0.2, 0.25) is 0 Å². The van der Waals surface area contributed by atoms with E-state index in [1.165, 1.54) is 0 Å². The third kappa shape index (κ3) is 3.63. The third-order valence-electron chi connectivity index (χ3n) is 9.15. The Kier molecular flexibility index (Phi) is 5.51. The second kappa shape index (κ2) is 8.95. The molecule has 2 saturated heterocycles. The summed E-state index contributed by atoms with van der Waals surface area (Å²) < 4.78 is 18.1. The average molecular weight is 513 g/mol. The Morgan fingerprint density at radius 3 is 2.42 bits per heavy atom. The topological polar surface area (TPSA) is 95.5 Å². The second-order valence-electron chi connectivity index (χ2n) is 11.1. The van der Waals surface area contributed by atoms with Crippen LogP contribution in [0.3, 0.4) is 0 Å². The zero-order valence-electron chi connectivity index (χ0n) is 21.0. The minimum absolute atomic E-state index is 0.133. The van der Waals surface area contributed by atoms with E-state index in [9.17, 15) is 14.4 Å². The first-order valence-electron chi connectivity index (χ1n) is 13.5. The fraction of sp³-hybridized carbons (Fsp3) is 0.387. The largest absolute Gasteiger partial charge is 0.458 e. The number of quaternary nitrogens is 1. The summed E-state index contributed by atoms with van der Waals surface area (Å²) in [5, 5.41) is 4.21. The molecule has 3 aromatic carbocycles. The Hall–Kier alpha value is -3.71. The second-order valence-corrected chi connectivity index (χ2v) is 11.1. The highest BCUT2D eigenvalue weighted by atomic mass is 16.6. The molecule has 2 aliphatic carbocycles. The van der Waals surface area contributed by atoms with Crippen molar-refractivity contribution < 1.29 is 33.9 Å². The summed E-state index contributed by atoms with van der Waals surface area (Å²) in [6, 6.07) is 23.1. The van der Waals surface area contributed by atoms with E-state index in [0.29, 0.717) is 24.8 Å². The smallest absolute Gasteiger partial charge is 0.338 e. The number of fused-ring (bicyclic) bond motifs is 2. The third-order valence-corrected chi connectivity index (χ3v) is 9.15. The highest BCUT2D eigenvalue weighted by Crippen LogP contribution is 2.59. The molecule has 38 heavy (non-hydrogen) atoms. The van der Waals surface area contributed by atoms with Crippen molar-refractivity contribution in [2.45, 2.75) is 37.1 Å². The van der Waals surface area contributed by atoms with Crippen LogP contribution >= 0.6 is 0 Å². The normalized spacial score (nSPS) is 30.7. The Morgan fingerprint density at radius 2 is 1.63 bits per heavy atom. The molecule has 4 fully saturated rings. The van der Waals surface area contributed by atoms with Gasteiger partial charge in [-0.15, -0.1) is 0 Å². The molecule has 6 atom stereocenters.